The maximum absolute atomic E-state index is 13.6. The second-order valence-corrected chi connectivity index (χ2v) is 8.77. The molecule has 0 bridgehead atoms. The third-order valence-corrected chi connectivity index (χ3v) is 6.80. The number of nitrogens with zero attached hydrogens (tertiary/aromatic N) is 4. The fourth-order valence-corrected chi connectivity index (χ4v) is 5.32. The van der Waals surface area contributed by atoms with Gasteiger partial charge in [-0.3, -0.25) is 4.79 Å². The first-order valence-electron chi connectivity index (χ1n) is 10.1. The lowest BCUT2D eigenvalue weighted by molar-refractivity contribution is 0.0977. The molecule has 2 aromatic carbocycles. The number of carbonyl (C=O) groups excluding carboxylic acids is 1. The summed E-state index contributed by atoms with van der Waals surface area (Å²) in [6.45, 7) is 1.04. The molecule has 2 unspecified atom stereocenters. The minimum atomic E-state index is -0.712. The van der Waals surface area contributed by atoms with Gasteiger partial charge in [-0.25, -0.2) is 23.7 Å². The Morgan fingerprint density at radius 3 is 2.47 bits per heavy atom. The van der Waals surface area contributed by atoms with Crippen LogP contribution < -0.4 is 10.2 Å². The molecule has 1 fully saturated rings. The molecule has 5 rings (SSSR count). The molecular weight excluding hydrogens is 432 g/mol. The van der Waals surface area contributed by atoms with Crippen LogP contribution in [0.4, 0.5) is 14.7 Å². The van der Waals surface area contributed by atoms with Gasteiger partial charge in [-0.1, -0.05) is 42.1 Å². The van der Waals surface area contributed by atoms with Gasteiger partial charge in [0.05, 0.1) is 18.9 Å². The lowest BCUT2D eigenvalue weighted by Gasteiger charge is -2.35. The molecule has 3 aromatic rings. The molecule has 2 aliphatic heterocycles. The van der Waals surface area contributed by atoms with E-state index in [9.17, 15) is 13.6 Å². The maximum atomic E-state index is 13.6. The van der Waals surface area contributed by atoms with E-state index in [1.54, 1.807) is 36.4 Å². The number of aliphatic imine (C=N–C) groups is 1. The average molecular weight is 452 g/mol. The summed E-state index contributed by atoms with van der Waals surface area (Å²) in [4.78, 5) is 27.9. The van der Waals surface area contributed by atoms with Crippen LogP contribution in [-0.2, 0) is 5.54 Å². The Bertz CT molecular complexity index is 1160. The summed E-state index contributed by atoms with van der Waals surface area (Å²) < 4.78 is 27.0. The summed E-state index contributed by atoms with van der Waals surface area (Å²) in [7, 11) is 0. The van der Waals surface area contributed by atoms with Gasteiger partial charge in [0.2, 0.25) is 5.95 Å². The molecule has 32 heavy (non-hydrogen) atoms. The molecule has 1 amide bonds. The average Bonchev–Trinajstić information content (AvgIpc) is 3.20. The first-order chi connectivity index (χ1) is 15.5. The van der Waals surface area contributed by atoms with Crippen molar-refractivity contribution in [2.24, 2.45) is 10.9 Å². The van der Waals surface area contributed by atoms with Crippen LogP contribution in [0.3, 0.4) is 0 Å². The predicted octanol–water partition coefficient (Wildman–Crippen LogP) is 3.62. The molecule has 2 atom stereocenters. The molecule has 0 aliphatic carbocycles. The summed E-state index contributed by atoms with van der Waals surface area (Å²) in [5, 5.41) is 3.43. The van der Waals surface area contributed by atoms with Crippen LogP contribution in [0.25, 0.3) is 0 Å². The van der Waals surface area contributed by atoms with Gasteiger partial charge in [0.1, 0.15) is 11.4 Å². The Labute approximate surface area is 187 Å². The Morgan fingerprint density at radius 2 is 1.75 bits per heavy atom. The zero-order valence-electron chi connectivity index (χ0n) is 16.9. The van der Waals surface area contributed by atoms with Gasteiger partial charge >= 0.3 is 0 Å². The van der Waals surface area contributed by atoms with E-state index in [4.69, 9.17) is 4.99 Å². The van der Waals surface area contributed by atoms with E-state index in [-0.39, 0.29) is 17.6 Å². The molecule has 3 heterocycles. The largest absolute Gasteiger partial charge is 0.338 e. The normalized spacial score (nSPS) is 22.2. The topological polar surface area (TPSA) is 70.5 Å². The number of aromatic nitrogens is 2. The number of anilines is 1. The van der Waals surface area contributed by atoms with Crippen LogP contribution in [0.2, 0.25) is 0 Å². The zero-order valence-corrected chi connectivity index (χ0v) is 17.7. The van der Waals surface area contributed by atoms with E-state index < -0.39 is 11.4 Å². The van der Waals surface area contributed by atoms with Gasteiger partial charge in [-0.2, -0.15) is 0 Å². The molecular formula is C23H19F2N5OS. The first-order valence-corrected chi connectivity index (χ1v) is 11.1. The third kappa shape index (κ3) is 3.84. The van der Waals surface area contributed by atoms with Gasteiger partial charge in [0, 0.05) is 23.8 Å². The Kier molecular flexibility index (Phi) is 5.34. The number of carbonyl (C=O) groups is 1. The van der Waals surface area contributed by atoms with E-state index in [0.29, 0.717) is 35.5 Å². The fourth-order valence-electron chi connectivity index (χ4n) is 4.19. The van der Waals surface area contributed by atoms with E-state index >= 15 is 0 Å². The second kappa shape index (κ2) is 8.31. The number of fused-ring (bicyclic) bond motifs is 1. The maximum Gasteiger partial charge on any atom is 0.257 e. The standard InChI is InChI=1S/C23H19F2N5OS/c24-18-8-6-16(7-9-18)23-14-30(21-26-10-19(25)11-27-21)12-17(23)13-32-22(29-23)28-20(31)15-4-2-1-3-5-15/h1-11,17H,12-14H2,(H,28,29,31). The van der Waals surface area contributed by atoms with Crippen molar-refractivity contribution in [3.05, 3.63) is 89.8 Å². The third-order valence-electron chi connectivity index (χ3n) is 5.76. The van der Waals surface area contributed by atoms with Crippen molar-refractivity contribution in [2.45, 2.75) is 5.54 Å². The van der Waals surface area contributed by atoms with Gasteiger partial charge in [-0.15, -0.1) is 0 Å². The molecule has 0 spiro atoms. The van der Waals surface area contributed by atoms with Crippen molar-refractivity contribution >= 4 is 28.8 Å². The SMILES string of the molecule is O=C(NC1=NC2(c3ccc(F)cc3)CN(c3ncc(F)cn3)CC2CS1)c1ccccc1. The smallest absolute Gasteiger partial charge is 0.257 e. The molecule has 6 nitrogen and oxygen atoms in total. The van der Waals surface area contributed by atoms with Crippen LogP contribution in [0.15, 0.2) is 72.0 Å². The summed E-state index contributed by atoms with van der Waals surface area (Å²) in [6, 6.07) is 15.2. The number of hydrogen-bond acceptors (Lipinski definition) is 6. The minimum absolute atomic E-state index is 0.0731. The van der Waals surface area contributed by atoms with E-state index in [2.05, 4.69) is 15.3 Å². The number of nitrogens with one attached hydrogen (secondary N) is 1. The Hall–Kier alpha value is -3.33. The number of hydrogen-bond donors (Lipinski definition) is 1. The number of thioether (sulfide) groups is 1. The van der Waals surface area contributed by atoms with Crippen molar-refractivity contribution in [2.75, 3.05) is 23.7 Å². The summed E-state index contributed by atoms with van der Waals surface area (Å²) in [5.41, 5.74) is 0.678. The summed E-state index contributed by atoms with van der Waals surface area (Å²) in [5.74, 6) is 0.120. The van der Waals surface area contributed by atoms with E-state index in [1.807, 2.05) is 11.0 Å². The summed E-state index contributed by atoms with van der Waals surface area (Å²) in [6.07, 6.45) is 2.27. The van der Waals surface area contributed by atoms with Gasteiger partial charge in [-0.05, 0) is 29.8 Å². The minimum Gasteiger partial charge on any atom is -0.338 e. The Morgan fingerprint density at radius 1 is 1.03 bits per heavy atom. The van der Waals surface area contributed by atoms with Crippen molar-refractivity contribution in [3.63, 3.8) is 0 Å². The quantitative estimate of drug-likeness (QED) is 0.659. The van der Waals surface area contributed by atoms with Gasteiger partial charge < -0.3 is 10.2 Å². The van der Waals surface area contributed by atoms with Crippen LogP contribution >= 0.6 is 11.8 Å². The van der Waals surface area contributed by atoms with Crippen LogP contribution in [0.1, 0.15) is 15.9 Å². The van der Waals surface area contributed by atoms with Crippen LogP contribution in [-0.4, -0.2) is 39.9 Å². The van der Waals surface area contributed by atoms with Crippen molar-refractivity contribution in [1.29, 1.82) is 0 Å². The highest BCUT2D eigenvalue weighted by atomic mass is 32.2. The van der Waals surface area contributed by atoms with Crippen LogP contribution in [0, 0.1) is 17.6 Å². The first kappa shape index (κ1) is 20.6. The number of amidine groups is 1. The molecule has 162 valence electrons. The highest BCUT2D eigenvalue weighted by Crippen LogP contribution is 2.46. The Balaban J connectivity index is 1.50. The second-order valence-electron chi connectivity index (χ2n) is 7.76. The lowest BCUT2D eigenvalue weighted by atomic mass is 9.82. The van der Waals surface area contributed by atoms with Crippen molar-refractivity contribution in [1.82, 2.24) is 15.3 Å². The molecule has 1 N–H and O–H groups in total. The molecule has 0 radical (unpaired) electrons. The van der Waals surface area contributed by atoms with Gasteiger partial charge in [0.15, 0.2) is 11.0 Å². The number of rotatable bonds is 3. The molecule has 1 saturated heterocycles. The molecule has 9 heteroatoms. The van der Waals surface area contributed by atoms with E-state index in [0.717, 1.165) is 18.0 Å². The van der Waals surface area contributed by atoms with Crippen LogP contribution in [0.5, 0.6) is 0 Å². The van der Waals surface area contributed by atoms with Crippen molar-refractivity contribution < 1.29 is 13.6 Å². The lowest BCUT2D eigenvalue weighted by Crippen LogP contribution is -2.42. The zero-order chi connectivity index (χ0) is 22.1. The fraction of sp³-hybridized carbons (Fsp3) is 0.217. The van der Waals surface area contributed by atoms with Crippen molar-refractivity contribution in [3.8, 4) is 0 Å². The molecule has 2 aliphatic rings. The number of halogens is 2. The predicted molar refractivity (Wildman–Crippen MR) is 120 cm³/mol. The number of amides is 1. The highest BCUT2D eigenvalue weighted by Gasteiger charge is 2.51. The highest BCUT2D eigenvalue weighted by molar-refractivity contribution is 8.13. The number of benzene rings is 2. The van der Waals surface area contributed by atoms with E-state index in [1.165, 1.54) is 23.9 Å². The van der Waals surface area contributed by atoms with Gasteiger partial charge in [0.25, 0.3) is 5.91 Å². The molecule has 1 aromatic heterocycles. The molecule has 0 saturated carbocycles. The summed E-state index contributed by atoms with van der Waals surface area (Å²) >= 11 is 1.48. The monoisotopic (exact) mass is 451 g/mol.